The van der Waals surface area contributed by atoms with Crippen LogP contribution in [0.2, 0.25) is 0 Å². The van der Waals surface area contributed by atoms with Crippen molar-refractivity contribution in [1.82, 2.24) is 9.97 Å². The van der Waals surface area contributed by atoms with Gasteiger partial charge in [-0.2, -0.15) is 13.2 Å². The van der Waals surface area contributed by atoms with Crippen LogP contribution in [0.15, 0.2) is 18.5 Å². The molecule has 2 aromatic heterocycles. The number of halogens is 4. The third kappa shape index (κ3) is 3.63. The smallest absolute Gasteiger partial charge is 0.367 e. The maximum absolute atomic E-state index is 13.0. The molecule has 0 saturated carbocycles. The Morgan fingerprint density at radius 1 is 1.32 bits per heavy atom. The van der Waals surface area contributed by atoms with E-state index in [1.807, 2.05) is 0 Å². The van der Waals surface area contributed by atoms with Crippen LogP contribution in [-0.4, -0.2) is 22.7 Å². The van der Waals surface area contributed by atoms with Crippen LogP contribution >= 0.6 is 11.3 Å². The van der Waals surface area contributed by atoms with E-state index in [2.05, 4.69) is 15.3 Å². The minimum atomic E-state index is -4.29. The average molecular weight is 291 g/mol. The molecule has 0 saturated heterocycles. The number of nitrogens with one attached hydrogen (secondary N) is 1. The van der Waals surface area contributed by atoms with Crippen LogP contribution in [0.4, 0.5) is 22.6 Å². The standard InChI is InChI=1S/C11H9F4N3S/c1-6-9(17-5-11(13,14)15)19-10(18-6)7-2-8(12)4-16-3-7/h2-4,17H,5H2,1H3. The molecule has 2 rings (SSSR count). The molecule has 102 valence electrons. The number of alkyl halides is 3. The highest BCUT2D eigenvalue weighted by Crippen LogP contribution is 2.32. The second-order valence-electron chi connectivity index (χ2n) is 3.79. The van der Waals surface area contributed by atoms with Crippen molar-refractivity contribution in [1.29, 1.82) is 0 Å². The van der Waals surface area contributed by atoms with Crippen molar-refractivity contribution in [3.63, 3.8) is 0 Å². The van der Waals surface area contributed by atoms with Crippen LogP contribution in [0.3, 0.4) is 0 Å². The number of nitrogens with zero attached hydrogens (tertiary/aromatic N) is 2. The Kier molecular flexibility index (Phi) is 3.70. The lowest BCUT2D eigenvalue weighted by Gasteiger charge is -2.07. The first-order valence-corrected chi connectivity index (χ1v) is 6.06. The van der Waals surface area contributed by atoms with Crippen LogP contribution in [-0.2, 0) is 0 Å². The van der Waals surface area contributed by atoms with Crippen LogP contribution < -0.4 is 5.32 Å². The van der Waals surface area contributed by atoms with Crippen LogP contribution in [0.25, 0.3) is 10.6 Å². The van der Waals surface area contributed by atoms with Crippen LogP contribution in [0.5, 0.6) is 0 Å². The molecular formula is C11H9F4N3S. The van der Waals surface area contributed by atoms with Crippen molar-refractivity contribution < 1.29 is 17.6 Å². The van der Waals surface area contributed by atoms with E-state index in [9.17, 15) is 17.6 Å². The molecule has 0 amide bonds. The van der Waals surface area contributed by atoms with Crippen molar-refractivity contribution >= 4 is 16.3 Å². The van der Waals surface area contributed by atoms with E-state index in [1.165, 1.54) is 12.3 Å². The van der Waals surface area contributed by atoms with Crippen LogP contribution in [0, 0.1) is 12.7 Å². The fourth-order valence-electron chi connectivity index (χ4n) is 1.39. The Morgan fingerprint density at radius 2 is 2.05 bits per heavy atom. The van der Waals surface area contributed by atoms with Gasteiger partial charge in [-0.1, -0.05) is 11.3 Å². The van der Waals surface area contributed by atoms with Gasteiger partial charge in [0.15, 0.2) is 0 Å². The summed E-state index contributed by atoms with van der Waals surface area (Å²) in [6.45, 7) is 0.461. The lowest BCUT2D eigenvalue weighted by Crippen LogP contribution is -2.21. The van der Waals surface area contributed by atoms with Crippen molar-refractivity contribution in [3.05, 3.63) is 30.0 Å². The van der Waals surface area contributed by atoms with E-state index in [0.717, 1.165) is 17.5 Å². The fraction of sp³-hybridized carbons (Fsp3) is 0.273. The molecule has 0 unspecified atom stereocenters. The van der Waals surface area contributed by atoms with Crippen molar-refractivity contribution in [2.45, 2.75) is 13.1 Å². The van der Waals surface area contributed by atoms with E-state index in [4.69, 9.17) is 0 Å². The molecule has 1 N–H and O–H groups in total. The summed E-state index contributed by atoms with van der Waals surface area (Å²) in [5, 5.41) is 3.02. The fourth-order valence-corrected chi connectivity index (χ4v) is 2.34. The number of aryl methyl sites for hydroxylation is 1. The Morgan fingerprint density at radius 3 is 2.68 bits per heavy atom. The second-order valence-corrected chi connectivity index (χ2v) is 4.79. The summed E-state index contributed by atoms with van der Waals surface area (Å²) in [7, 11) is 0. The van der Waals surface area contributed by atoms with Gasteiger partial charge < -0.3 is 5.32 Å². The number of hydrogen-bond donors (Lipinski definition) is 1. The van der Waals surface area contributed by atoms with Gasteiger partial charge in [0.1, 0.15) is 22.4 Å². The van der Waals surface area contributed by atoms with E-state index < -0.39 is 18.5 Å². The molecule has 2 aromatic rings. The summed E-state index contributed by atoms with van der Waals surface area (Å²) in [5.74, 6) is -0.518. The normalized spacial score (nSPS) is 11.6. The highest BCUT2D eigenvalue weighted by Gasteiger charge is 2.27. The third-order valence-corrected chi connectivity index (χ3v) is 3.36. The zero-order valence-corrected chi connectivity index (χ0v) is 10.6. The highest BCUT2D eigenvalue weighted by molar-refractivity contribution is 7.19. The summed E-state index contributed by atoms with van der Waals surface area (Å²) in [5.41, 5.74) is 0.877. The monoisotopic (exact) mass is 291 g/mol. The number of anilines is 1. The molecule has 0 aliphatic rings. The molecule has 19 heavy (non-hydrogen) atoms. The quantitative estimate of drug-likeness (QED) is 0.878. The second kappa shape index (κ2) is 5.12. The van der Waals surface area contributed by atoms with Gasteiger partial charge in [0, 0.05) is 11.8 Å². The van der Waals surface area contributed by atoms with Crippen molar-refractivity contribution in [2.75, 3.05) is 11.9 Å². The largest absolute Gasteiger partial charge is 0.405 e. The Hall–Kier alpha value is -1.70. The Labute approximate surface area is 110 Å². The first-order chi connectivity index (χ1) is 8.85. The molecule has 0 fully saturated rings. The number of hydrogen-bond acceptors (Lipinski definition) is 4. The minimum absolute atomic E-state index is 0.316. The number of thiazole rings is 1. The average Bonchev–Trinajstić information content (AvgIpc) is 2.67. The van der Waals surface area contributed by atoms with E-state index in [1.54, 1.807) is 6.92 Å². The summed E-state index contributed by atoms with van der Waals surface area (Å²) < 4.78 is 49.4. The SMILES string of the molecule is Cc1nc(-c2cncc(F)c2)sc1NCC(F)(F)F. The first kappa shape index (κ1) is 13.7. The predicted molar refractivity (Wildman–Crippen MR) is 64.6 cm³/mol. The third-order valence-electron chi connectivity index (χ3n) is 2.20. The summed E-state index contributed by atoms with van der Waals surface area (Å²) >= 11 is 1.03. The molecule has 0 atom stereocenters. The van der Waals surface area contributed by atoms with Gasteiger partial charge in [-0.15, -0.1) is 0 Å². The number of rotatable bonds is 3. The molecule has 0 spiro atoms. The zero-order chi connectivity index (χ0) is 14.0. The lowest BCUT2D eigenvalue weighted by atomic mass is 10.3. The molecule has 0 radical (unpaired) electrons. The maximum Gasteiger partial charge on any atom is 0.405 e. The van der Waals surface area contributed by atoms with Gasteiger partial charge in [0.05, 0.1) is 11.9 Å². The maximum atomic E-state index is 13.0. The van der Waals surface area contributed by atoms with E-state index >= 15 is 0 Å². The molecule has 0 bridgehead atoms. The molecule has 0 aliphatic carbocycles. The summed E-state index contributed by atoms with van der Waals surface area (Å²) in [6, 6.07) is 1.23. The molecular weight excluding hydrogens is 282 g/mol. The van der Waals surface area contributed by atoms with Gasteiger partial charge in [0.2, 0.25) is 0 Å². The van der Waals surface area contributed by atoms with Gasteiger partial charge in [-0.25, -0.2) is 9.37 Å². The molecule has 0 aliphatic heterocycles. The molecule has 2 heterocycles. The van der Waals surface area contributed by atoms with Gasteiger partial charge in [-0.3, -0.25) is 4.98 Å². The highest BCUT2D eigenvalue weighted by atomic mass is 32.1. The predicted octanol–water partition coefficient (Wildman–Crippen LogP) is 3.63. The topological polar surface area (TPSA) is 37.8 Å². The van der Waals surface area contributed by atoms with Gasteiger partial charge >= 0.3 is 6.18 Å². The van der Waals surface area contributed by atoms with E-state index in [0.29, 0.717) is 21.3 Å². The van der Waals surface area contributed by atoms with Crippen LogP contribution in [0.1, 0.15) is 5.69 Å². The van der Waals surface area contributed by atoms with Gasteiger partial charge in [-0.05, 0) is 13.0 Å². The zero-order valence-electron chi connectivity index (χ0n) is 9.75. The minimum Gasteiger partial charge on any atom is -0.367 e. The summed E-state index contributed by atoms with van der Waals surface area (Å²) in [4.78, 5) is 7.78. The lowest BCUT2D eigenvalue weighted by molar-refractivity contribution is -0.115. The van der Waals surface area contributed by atoms with Crippen molar-refractivity contribution in [3.8, 4) is 10.6 Å². The van der Waals surface area contributed by atoms with Gasteiger partial charge in [0.25, 0.3) is 0 Å². The number of pyridine rings is 1. The molecule has 0 aromatic carbocycles. The summed E-state index contributed by atoms with van der Waals surface area (Å²) in [6.07, 6.45) is -1.83. The first-order valence-electron chi connectivity index (χ1n) is 5.24. The van der Waals surface area contributed by atoms with Crippen molar-refractivity contribution in [2.24, 2.45) is 0 Å². The number of aromatic nitrogens is 2. The Bertz CT molecular complexity index is 580. The Balaban J connectivity index is 2.21. The molecule has 3 nitrogen and oxygen atoms in total. The van der Waals surface area contributed by atoms with E-state index in [-0.39, 0.29) is 0 Å². The molecule has 8 heteroatoms.